The number of hydrogen-bond donors (Lipinski definition) is 0. The van der Waals surface area contributed by atoms with Gasteiger partial charge in [0.2, 0.25) is 0 Å². The second-order valence-electron chi connectivity index (χ2n) is 5.03. The third-order valence-corrected chi connectivity index (χ3v) is 3.12. The van der Waals surface area contributed by atoms with Gasteiger partial charge in [0.1, 0.15) is 0 Å². The van der Waals surface area contributed by atoms with Crippen LogP contribution in [0.3, 0.4) is 0 Å². The maximum absolute atomic E-state index is 5.53. The van der Waals surface area contributed by atoms with Crippen LogP contribution in [0.4, 0.5) is 0 Å². The lowest BCUT2D eigenvalue weighted by Gasteiger charge is -2.39. The molecule has 0 aromatic carbocycles. The Kier molecular flexibility index (Phi) is 3.16. The van der Waals surface area contributed by atoms with Gasteiger partial charge < -0.3 is 4.74 Å². The van der Waals surface area contributed by atoms with E-state index in [1.165, 1.54) is 25.7 Å². The van der Waals surface area contributed by atoms with Crippen LogP contribution in [0.25, 0.3) is 0 Å². The molecule has 0 heterocycles. The predicted molar refractivity (Wildman–Crippen MR) is 52.2 cm³/mol. The van der Waals surface area contributed by atoms with Crippen molar-refractivity contribution >= 4 is 0 Å². The van der Waals surface area contributed by atoms with Crippen LogP contribution in [0, 0.1) is 11.3 Å². The summed E-state index contributed by atoms with van der Waals surface area (Å²) in [5, 5.41) is 0. The molecule has 2 atom stereocenters. The van der Waals surface area contributed by atoms with Crippen molar-refractivity contribution in [3.05, 3.63) is 0 Å². The van der Waals surface area contributed by atoms with E-state index in [0.717, 1.165) is 5.92 Å². The summed E-state index contributed by atoms with van der Waals surface area (Å²) in [5.41, 5.74) is 0.418. The van der Waals surface area contributed by atoms with E-state index in [4.69, 9.17) is 4.74 Å². The zero-order valence-corrected chi connectivity index (χ0v) is 8.89. The molecule has 12 heavy (non-hydrogen) atoms. The molecule has 0 saturated heterocycles. The van der Waals surface area contributed by atoms with Crippen molar-refractivity contribution in [1.29, 1.82) is 0 Å². The monoisotopic (exact) mass is 170 g/mol. The first-order chi connectivity index (χ1) is 5.55. The smallest absolute Gasteiger partial charge is 0.0604 e. The van der Waals surface area contributed by atoms with Crippen molar-refractivity contribution in [2.45, 2.75) is 52.6 Å². The molecule has 0 unspecified atom stereocenters. The Morgan fingerprint density at radius 3 is 2.08 bits per heavy atom. The van der Waals surface area contributed by atoms with Crippen molar-refractivity contribution < 1.29 is 4.74 Å². The summed E-state index contributed by atoms with van der Waals surface area (Å²) in [6, 6.07) is 0. The Morgan fingerprint density at radius 2 is 1.67 bits per heavy atom. The van der Waals surface area contributed by atoms with Gasteiger partial charge in [-0.25, -0.2) is 0 Å². The average molecular weight is 170 g/mol. The van der Waals surface area contributed by atoms with Gasteiger partial charge in [0.05, 0.1) is 6.10 Å². The Labute approximate surface area is 76.5 Å². The summed E-state index contributed by atoms with van der Waals surface area (Å²) < 4.78 is 5.53. The Balaban J connectivity index is 2.59. The maximum atomic E-state index is 5.53. The molecule has 0 amide bonds. The molecule has 1 saturated carbocycles. The molecule has 0 radical (unpaired) electrons. The first-order valence-corrected chi connectivity index (χ1v) is 5.08. The molecule has 0 aromatic rings. The summed E-state index contributed by atoms with van der Waals surface area (Å²) in [6.07, 6.45) is 5.87. The van der Waals surface area contributed by atoms with Crippen molar-refractivity contribution in [3.63, 3.8) is 0 Å². The van der Waals surface area contributed by atoms with Gasteiger partial charge in [-0.1, -0.05) is 33.6 Å². The second-order valence-corrected chi connectivity index (χ2v) is 5.03. The van der Waals surface area contributed by atoms with Crippen LogP contribution in [-0.4, -0.2) is 13.2 Å². The minimum atomic E-state index is 0.418. The fourth-order valence-electron chi connectivity index (χ4n) is 2.37. The van der Waals surface area contributed by atoms with E-state index in [9.17, 15) is 0 Å². The Bertz CT molecular complexity index is 134. The first kappa shape index (κ1) is 10.0. The van der Waals surface area contributed by atoms with Crippen LogP contribution >= 0.6 is 0 Å². The molecule has 0 aliphatic heterocycles. The van der Waals surface area contributed by atoms with Crippen LogP contribution in [0.5, 0.6) is 0 Å². The van der Waals surface area contributed by atoms with Gasteiger partial charge in [-0.3, -0.25) is 0 Å². The van der Waals surface area contributed by atoms with E-state index in [0.29, 0.717) is 11.5 Å². The fraction of sp³-hybridized carbons (Fsp3) is 1.00. The molecule has 1 fully saturated rings. The third kappa shape index (κ3) is 2.22. The van der Waals surface area contributed by atoms with Gasteiger partial charge in [-0.15, -0.1) is 0 Å². The minimum Gasteiger partial charge on any atom is -0.381 e. The molecule has 72 valence electrons. The van der Waals surface area contributed by atoms with E-state index >= 15 is 0 Å². The largest absolute Gasteiger partial charge is 0.381 e. The van der Waals surface area contributed by atoms with Crippen LogP contribution in [0.2, 0.25) is 0 Å². The molecule has 0 spiro atoms. The average Bonchev–Trinajstić information content (AvgIpc) is 2.03. The van der Waals surface area contributed by atoms with E-state index in [2.05, 4.69) is 20.8 Å². The predicted octanol–water partition coefficient (Wildman–Crippen LogP) is 3.24. The highest BCUT2D eigenvalue weighted by Crippen LogP contribution is 2.38. The van der Waals surface area contributed by atoms with Gasteiger partial charge in [-0.2, -0.15) is 0 Å². The summed E-state index contributed by atoms with van der Waals surface area (Å²) in [7, 11) is 1.86. The van der Waals surface area contributed by atoms with Crippen LogP contribution in [-0.2, 0) is 4.74 Å². The molecule has 0 aromatic heterocycles. The molecular weight excluding hydrogens is 148 g/mol. The normalized spacial score (nSPS) is 32.0. The maximum Gasteiger partial charge on any atom is 0.0604 e. The second kappa shape index (κ2) is 3.78. The van der Waals surface area contributed by atoms with E-state index < -0.39 is 0 Å². The van der Waals surface area contributed by atoms with Crippen molar-refractivity contribution in [1.82, 2.24) is 0 Å². The summed E-state index contributed by atoms with van der Waals surface area (Å²) in [5.74, 6) is 0.760. The molecule has 0 bridgehead atoms. The SMILES string of the molecule is CO[C@H]1CCCC[C@@H]1C(C)(C)C. The van der Waals surface area contributed by atoms with Crippen molar-refractivity contribution in [3.8, 4) is 0 Å². The van der Waals surface area contributed by atoms with Crippen molar-refractivity contribution in [2.24, 2.45) is 11.3 Å². The highest BCUT2D eigenvalue weighted by molar-refractivity contribution is 4.84. The zero-order valence-electron chi connectivity index (χ0n) is 8.89. The van der Waals surface area contributed by atoms with Crippen LogP contribution in [0.15, 0.2) is 0 Å². The highest BCUT2D eigenvalue weighted by atomic mass is 16.5. The summed E-state index contributed by atoms with van der Waals surface area (Å²) >= 11 is 0. The Hall–Kier alpha value is -0.0400. The number of ether oxygens (including phenoxy) is 1. The summed E-state index contributed by atoms with van der Waals surface area (Å²) in [6.45, 7) is 6.99. The number of hydrogen-bond acceptors (Lipinski definition) is 1. The summed E-state index contributed by atoms with van der Waals surface area (Å²) in [4.78, 5) is 0. The lowest BCUT2D eigenvalue weighted by Crippen LogP contribution is -2.35. The highest BCUT2D eigenvalue weighted by Gasteiger charge is 2.33. The van der Waals surface area contributed by atoms with Gasteiger partial charge in [-0.05, 0) is 24.2 Å². The zero-order chi connectivity index (χ0) is 9.19. The molecule has 0 N–H and O–H groups in total. The van der Waals surface area contributed by atoms with Crippen LogP contribution in [0.1, 0.15) is 46.5 Å². The molecule has 1 heteroatoms. The quantitative estimate of drug-likeness (QED) is 0.587. The third-order valence-electron chi connectivity index (χ3n) is 3.12. The van der Waals surface area contributed by atoms with Crippen LogP contribution < -0.4 is 0 Å². The van der Waals surface area contributed by atoms with Crippen molar-refractivity contribution in [2.75, 3.05) is 7.11 Å². The molecule has 1 aliphatic carbocycles. The van der Waals surface area contributed by atoms with Gasteiger partial charge >= 0.3 is 0 Å². The van der Waals surface area contributed by atoms with E-state index in [-0.39, 0.29) is 0 Å². The number of methoxy groups -OCH3 is 1. The lowest BCUT2D eigenvalue weighted by atomic mass is 9.71. The first-order valence-electron chi connectivity index (χ1n) is 5.08. The molecular formula is C11H22O. The molecule has 1 nitrogen and oxygen atoms in total. The van der Waals surface area contributed by atoms with Gasteiger partial charge in [0.25, 0.3) is 0 Å². The van der Waals surface area contributed by atoms with E-state index in [1.54, 1.807) is 0 Å². The fourth-order valence-corrected chi connectivity index (χ4v) is 2.37. The number of rotatable bonds is 1. The topological polar surface area (TPSA) is 9.23 Å². The molecule has 1 aliphatic rings. The van der Waals surface area contributed by atoms with Gasteiger partial charge in [0.15, 0.2) is 0 Å². The molecule has 1 rings (SSSR count). The van der Waals surface area contributed by atoms with Gasteiger partial charge in [0, 0.05) is 7.11 Å². The minimum absolute atomic E-state index is 0.418. The standard InChI is InChI=1S/C11H22O/c1-11(2,3)9-7-5-6-8-10(9)12-4/h9-10H,5-8H2,1-4H3/t9-,10-/m0/s1. The lowest BCUT2D eigenvalue weighted by molar-refractivity contribution is -0.0217. The van der Waals surface area contributed by atoms with E-state index in [1.807, 2.05) is 7.11 Å². The Morgan fingerprint density at radius 1 is 1.08 bits per heavy atom.